The molecule has 0 aliphatic heterocycles. The molecule has 0 aliphatic rings. The highest BCUT2D eigenvalue weighted by atomic mass is 17.2. The molecule has 1 aromatic rings. The van der Waals surface area contributed by atoms with Gasteiger partial charge in [-0.15, -0.1) is 0 Å². The average molecular weight is 310 g/mol. The highest BCUT2D eigenvalue weighted by Gasteiger charge is 2.20. The van der Waals surface area contributed by atoms with E-state index in [9.17, 15) is 10.2 Å². The minimum absolute atomic E-state index is 0.0368. The van der Waals surface area contributed by atoms with Crippen LogP contribution in [0.25, 0.3) is 0 Å². The van der Waals surface area contributed by atoms with Gasteiger partial charge in [-0.3, -0.25) is 0 Å². The fourth-order valence-corrected chi connectivity index (χ4v) is 2.31. The first kappa shape index (κ1) is 18.6. The van der Waals surface area contributed by atoms with E-state index in [1.165, 1.54) is 0 Å². The highest BCUT2D eigenvalue weighted by Crippen LogP contribution is 2.41. The largest absolute Gasteiger partial charge is 0.504 e. The lowest BCUT2D eigenvalue weighted by atomic mass is 9.95. The molecule has 1 rings (SSSR count). The first-order chi connectivity index (χ1) is 10.4. The molecular formula is C18H30O4. The van der Waals surface area contributed by atoms with Crippen LogP contribution in [-0.2, 0) is 17.7 Å². The van der Waals surface area contributed by atoms with Crippen molar-refractivity contribution in [1.82, 2.24) is 0 Å². The molecule has 0 bridgehead atoms. The van der Waals surface area contributed by atoms with Gasteiger partial charge in [0, 0.05) is 11.1 Å². The maximum absolute atomic E-state index is 10.3. The van der Waals surface area contributed by atoms with Crippen molar-refractivity contribution in [3.8, 4) is 17.2 Å². The second-order valence-corrected chi connectivity index (χ2v) is 6.66. The van der Waals surface area contributed by atoms with Crippen molar-refractivity contribution in [3.63, 3.8) is 0 Å². The van der Waals surface area contributed by atoms with Crippen molar-refractivity contribution in [2.45, 2.75) is 60.3 Å². The Morgan fingerprint density at radius 1 is 1.00 bits per heavy atom. The predicted molar refractivity (Wildman–Crippen MR) is 88.3 cm³/mol. The Hall–Kier alpha value is -1.42. The molecule has 0 radical (unpaired) electrons. The Morgan fingerprint density at radius 3 is 2.18 bits per heavy atom. The summed E-state index contributed by atoms with van der Waals surface area (Å²) in [4.78, 5) is 10.7. The third-order valence-corrected chi connectivity index (χ3v) is 3.39. The summed E-state index contributed by atoms with van der Waals surface area (Å²) in [6, 6.07) is 1.79. The Morgan fingerprint density at radius 2 is 1.64 bits per heavy atom. The lowest BCUT2D eigenvalue weighted by Gasteiger charge is -2.17. The normalized spacial score (nSPS) is 11.4. The summed E-state index contributed by atoms with van der Waals surface area (Å²) in [6.45, 7) is 10.8. The number of unbranched alkanes of at least 4 members (excludes halogenated alkanes) is 1. The first-order valence-corrected chi connectivity index (χ1v) is 8.22. The van der Waals surface area contributed by atoms with E-state index in [1.807, 2.05) is 0 Å². The fourth-order valence-electron chi connectivity index (χ4n) is 2.31. The van der Waals surface area contributed by atoms with Gasteiger partial charge in [-0.1, -0.05) is 41.0 Å². The Bertz CT molecular complexity index is 467. The summed E-state index contributed by atoms with van der Waals surface area (Å²) in [6.07, 6.45) is 3.24. The van der Waals surface area contributed by atoms with Crippen LogP contribution in [0.15, 0.2) is 6.07 Å². The first-order valence-electron chi connectivity index (χ1n) is 8.22. The number of phenolic OH excluding ortho intramolecular Hbond substituents is 2. The molecule has 0 amide bonds. The zero-order chi connectivity index (χ0) is 16.7. The highest BCUT2D eigenvalue weighted by molar-refractivity contribution is 5.57. The fraction of sp³-hybridized carbons (Fsp3) is 0.667. The van der Waals surface area contributed by atoms with Gasteiger partial charge in [0.2, 0.25) is 0 Å². The summed E-state index contributed by atoms with van der Waals surface area (Å²) in [5.41, 5.74) is 1.30. The number of aromatic hydroxyl groups is 2. The summed E-state index contributed by atoms with van der Waals surface area (Å²) in [5.74, 6) is 1.09. The SMILES string of the molecule is CCCCOOc1cc(CC(C)C)c(O)c(O)c1CC(C)C. The monoisotopic (exact) mass is 310 g/mol. The van der Waals surface area contributed by atoms with Gasteiger partial charge in [-0.05, 0) is 37.2 Å². The molecular weight excluding hydrogens is 280 g/mol. The van der Waals surface area contributed by atoms with Crippen LogP contribution in [0.3, 0.4) is 0 Å². The van der Waals surface area contributed by atoms with E-state index < -0.39 is 0 Å². The topological polar surface area (TPSA) is 58.9 Å². The van der Waals surface area contributed by atoms with Crippen LogP contribution < -0.4 is 4.89 Å². The van der Waals surface area contributed by atoms with Crippen molar-refractivity contribution in [1.29, 1.82) is 0 Å². The number of hydrogen-bond donors (Lipinski definition) is 2. The molecule has 0 unspecified atom stereocenters. The maximum Gasteiger partial charge on any atom is 0.172 e. The Balaban J connectivity index is 3.08. The Kier molecular flexibility index (Phi) is 7.52. The van der Waals surface area contributed by atoms with Crippen molar-refractivity contribution in [2.75, 3.05) is 6.61 Å². The maximum atomic E-state index is 10.3. The molecule has 1 aromatic carbocycles. The van der Waals surface area contributed by atoms with E-state index >= 15 is 0 Å². The zero-order valence-corrected chi connectivity index (χ0v) is 14.5. The van der Waals surface area contributed by atoms with Gasteiger partial charge in [0.15, 0.2) is 17.2 Å². The molecule has 126 valence electrons. The molecule has 0 fully saturated rings. The lowest BCUT2D eigenvalue weighted by molar-refractivity contribution is -0.207. The van der Waals surface area contributed by atoms with Crippen LogP contribution in [0.2, 0.25) is 0 Å². The second kappa shape index (κ2) is 8.89. The van der Waals surface area contributed by atoms with Gasteiger partial charge < -0.3 is 15.1 Å². The van der Waals surface area contributed by atoms with Crippen molar-refractivity contribution < 1.29 is 20.0 Å². The molecule has 4 heteroatoms. The van der Waals surface area contributed by atoms with E-state index in [0.29, 0.717) is 48.2 Å². The molecule has 0 saturated heterocycles. The lowest BCUT2D eigenvalue weighted by Crippen LogP contribution is -2.06. The molecule has 2 N–H and O–H groups in total. The molecule has 0 atom stereocenters. The van der Waals surface area contributed by atoms with E-state index in [-0.39, 0.29) is 11.5 Å². The number of phenols is 2. The standard InChI is InChI=1S/C18H30O4/c1-6-7-8-21-22-16-11-14(9-12(2)3)17(19)18(20)15(16)10-13(4)5/h11-13,19-20H,6-10H2,1-5H3. The number of rotatable bonds is 9. The number of benzene rings is 1. The van der Waals surface area contributed by atoms with Gasteiger partial charge in [-0.25, -0.2) is 0 Å². The van der Waals surface area contributed by atoms with Gasteiger partial charge in [-0.2, -0.15) is 4.89 Å². The van der Waals surface area contributed by atoms with Crippen molar-refractivity contribution in [3.05, 3.63) is 17.2 Å². The van der Waals surface area contributed by atoms with E-state index in [0.717, 1.165) is 12.8 Å². The van der Waals surface area contributed by atoms with Gasteiger partial charge in [0.25, 0.3) is 0 Å². The average Bonchev–Trinajstić information content (AvgIpc) is 2.43. The van der Waals surface area contributed by atoms with Crippen LogP contribution in [-0.4, -0.2) is 16.8 Å². The molecule has 0 aromatic heterocycles. The predicted octanol–water partition coefficient (Wildman–Crippen LogP) is 4.61. The van der Waals surface area contributed by atoms with Crippen LogP contribution in [0, 0.1) is 11.8 Å². The van der Waals surface area contributed by atoms with Crippen LogP contribution >= 0.6 is 0 Å². The summed E-state index contributed by atoms with van der Waals surface area (Å²) >= 11 is 0. The van der Waals surface area contributed by atoms with E-state index in [2.05, 4.69) is 34.6 Å². The van der Waals surface area contributed by atoms with Crippen LogP contribution in [0.5, 0.6) is 17.2 Å². The quantitative estimate of drug-likeness (QED) is 0.303. The number of hydrogen-bond acceptors (Lipinski definition) is 4. The summed E-state index contributed by atoms with van der Waals surface area (Å²) in [5, 5.41) is 20.6. The van der Waals surface area contributed by atoms with E-state index in [1.54, 1.807) is 6.07 Å². The van der Waals surface area contributed by atoms with Crippen molar-refractivity contribution >= 4 is 0 Å². The molecule has 0 saturated carbocycles. The second-order valence-electron chi connectivity index (χ2n) is 6.66. The molecule has 0 heterocycles. The third kappa shape index (κ3) is 5.41. The van der Waals surface area contributed by atoms with Gasteiger partial charge >= 0.3 is 0 Å². The van der Waals surface area contributed by atoms with Gasteiger partial charge in [0.1, 0.15) is 0 Å². The van der Waals surface area contributed by atoms with Crippen LogP contribution in [0.4, 0.5) is 0 Å². The minimum Gasteiger partial charge on any atom is -0.504 e. The molecule has 22 heavy (non-hydrogen) atoms. The molecule has 0 spiro atoms. The van der Waals surface area contributed by atoms with E-state index in [4.69, 9.17) is 9.78 Å². The molecule has 0 aliphatic carbocycles. The summed E-state index contributed by atoms with van der Waals surface area (Å²) < 4.78 is 0. The smallest absolute Gasteiger partial charge is 0.172 e. The minimum atomic E-state index is -0.0825. The zero-order valence-electron chi connectivity index (χ0n) is 14.5. The summed E-state index contributed by atoms with van der Waals surface area (Å²) in [7, 11) is 0. The van der Waals surface area contributed by atoms with Crippen LogP contribution in [0.1, 0.15) is 58.6 Å². The van der Waals surface area contributed by atoms with Gasteiger partial charge in [0.05, 0.1) is 6.61 Å². The third-order valence-electron chi connectivity index (χ3n) is 3.39. The van der Waals surface area contributed by atoms with Crippen molar-refractivity contribution in [2.24, 2.45) is 11.8 Å². The molecule has 4 nitrogen and oxygen atoms in total. The Labute approximate surface area is 134 Å².